The van der Waals surface area contributed by atoms with Crippen LogP contribution in [0.4, 0.5) is 4.79 Å². The van der Waals surface area contributed by atoms with Crippen LogP contribution in [0.1, 0.15) is 45.0 Å². The Morgan fingerprint density at radius 3 is 2.33 bits per heavy atom. The van der Waals surface area contributed by atoms with E-state index in [2.05, 4.69) is 10.4 Å². The summed E-state index contributed by atoms with van der Waals surface area (Å²) in [4.78, 5) is 25.9. The van der Waals surface area contributed by atoms with Crippen molar-refractivity contribution in [3.63, 3.8) is 0 Å². The maximum atomic E-state index is 12.2. The van der Waals surface area contributed by atoms with Gasteiger partial charge in [0.2, 0.25) is 0 Å². The molecule has 0 spiro atoms. The van der Waals surface area contributed by atoms with Crippen LogP contribution >= 0.6 is 11.6 Å². The number of nitrogens with zero attached hydrogens (tertiary/aromatic N) is 3. The lowest BCUT2D eigenvalue weighted by molar-refractivity contribution is -0.127. The molecule has 21 heavy (non-hydrogen) atoms. The summed E-state index contributed by atoms with van der Waals surface area (Å²) in [6.07, 6.45) is 1.86. The molecule has 0 unspecified atom stereocenters. The van der Waals surface area contributed by atoms with Crippen molar-refractivity contribution in [1.82, 2.24) is 20.0 Å². The van der Waals surface area contributed by atoms with Crippen molar-refractivity contribution < 1.29 is 9.59 Å². The van der Waals surface area contributed by atoms with Gasteiger partial charge in [0.05, 0.1) is 23.0 Å². The van der Waals surface area contributed by atoms with Crippen LogP contribution in [0.25, 0.3) is 0 Å². The van der Waals surface area contributed by atoms with Crippen molar-refractivity contribution in [3.8, 4) is 0 Å². The molecule has 0 saturated carbocycles. The van der Waals surface area contributed by atoms with Crippen molar-refractivity contribution >= 4 is 23.5 Å². The number of carbonyl (C=O) groups excluding carboxylic acids is 2. The van der Waals surface area contributed by atoms with E-state index in [9.17, 15) is 9.59 Å². The third-order valence-corrected chi connectivity index (χ3v) is 4.82. The van der Waals surface area contributed by atoms with Crippen LogP contribution in [0.15, 0.2) is 0 Å². The van der Waals surface area contributed by atoms with Crippen molar-refractivity contribution in [2.24, 2.45) is 7.05 Å². The smallest absolute Gasteiger partial charge is 0.304 e. The molecule has 0 radical (unpaired) electrons. The molecule has 1 aromatic heterocycles. The van der Waals surface area contributed by atoms with Crippen molar-refractivity contribution in [3.05, 3.63) is 16.4 Å². The van der Waals surface area contributed by atoms with E-state index in [0.29, 0.717) is 17.9 Å². The summed E-state index contributed by atoms with van der Waals surface area (Å²) in [5.74, 6) is -0.230. The van der Waals surface area contributed by atoms with Crippen molar-refractivity contribution in [2.45, 2.75) is 52.1 Å². The first-order chi connectivity index (χ1) is 9.91. The quantitative estimate of drug-likeness (QED) is 0.848. The first kappa shape index (κ1) is 15.8. The third kappa shape index (κ3) is 2.31. The summed E-state index contributed by atoms with van der Waals surface area (Å²) in [6, 6.07) is -0.362. The van der Waals surface area contributed by atoms with Gasteiger partial charge in [0.1, 0.15) is 5.54 Å². The van der Waals surface area contributed by atoms with Gasteiger partial charge in [-0.1, -0.05) is 32.4 Å². The van der Waals surface area contributed by atoms with Crippen LogP contribution in [-0.2, 0) is 24.8 Å². The summed E-state index contributed by atoms with van der Waals surface area (Å²) in [5.41, 5.74) is 0.764. The minimum atomic E-state index is -0.795. The lowest BCUT2D eigenvalue weighted by Crippen LogP contribution is -2.48. The summed E-state index contributed by atoms with van der Waals surface area (Å²) in [7, 11) is 1.80. The normalized spacial score (nSPS) is 17.5. The van der Waals surface area contributed by atoms with Crippen LogP contribution in [0.2, 0.25) is 5.02 Å². The zero-order valence-electron chi connectivity index (χ0n) is 12.9. The van der Waals surface area contributed by atoms with Gasteiger partial charge in [-0.05, 0) is 19.3 Å². The fourth-order valence-electron chi connectivity index (χ4n) is 2.92. The molecule has 1 N–H and O–H groups in total. The second kappa shape index (κ2) is 5.67. The van der Waals surface area contributed by atoms with Crippen molar-refractivity contribution in [1.29, 1.82) is 0 Å². The molecule has 1 aliphatic heterocycles. The number of hydrogen-bond acceptors (Lipinski definition) is 3. The number of nitrogens with one attached hydrogen (secondary N) is 1. The molecule has 7 heteroatoms. The first-order valence-corrected chi connectivity index (χ1v) is 7.62. The fourth-order valence-corrected chi connectivity index (χ4v) is 3.27. The van der Waals surface area contributed by atoms with Crippen LogP contribution in [0.3, 0.4) is 0 Å². The number of halogens is 1. The number of hydrogen-bond donors (Lipinski definition) is 1. The molecule has 0 bridgehead atoms. The zero-order chi connectivity index (χ0) is 15.8. The van der Waals surface area contributed by atoms with Crippen LogP contribution in [0, 0.1) is 0 Å². The molecule has 1 saturated heterocycles. The molecule has 6 nitrogen and oxygen atoms in total. The van der Waals surface area contributed by atoms with E-state index in [1.165, 1.54) is 0 Å². The lowest BCUT2D eigenvalue weighted by Gasteiger charge is -2.33. The molecule has 2 heterocycles. The number of aryl methyl sites for hydroxylation is 2. The third-order valence-electron chi connectivity index (χ3n) is 4.39. The van der Waals surface area contributed by atoms with Gasteiger partial charge in [0.15, 0.2) is 0 Å². The highest BCUT2D eigenvalue weighted by Crippen LogP contribution is 2.32. The molecule has 0 aliphatic carbocycles. The second-order valence-corrected chi connectivity index (χ2v) is 5.65. The average molecular weight is 313 g/mol. The maximum absolute atomic E-state index is 12.2. The predicted molar refractivity (Wildman–Crippen MR) is 80.0 cm³/mol. The number of rotatable bonds is 5. The Morgan fingerprint density at radius 1 is 1.24 bits per heavy atom. The van der Waals surface area contributed by atoms with Crippen LogP contribution in [0.5, 0.6) is 0 Å². The van der Waals surface area contributed by atoms with Gasteiger partial charge in [-0.2, -0.15) is 5.10 Å². The highest BCUT2D eigenvalue weighted by atomic mass is 35.5. The van der Waals surface area contributed by atoms with Crippen LogP contribution < -0.4 is 5.32 Å². The molecular weight excluding hydrogens is 292 g/mol. The molecule has 1 aromatic rings. The average Bonchev–Trinajstić information content (AvgIpc) is 2.87. The summed E-state index contributed by atoms with van der Waals surface area (Å²) in [5, 5.41) is 7.35. The molecule has 1 fully saturated rings. The molecule has 3 amide bonds. The van der Waals surface area contributed by atoms with E-state index >= 15 is 0 Å². The van der Waals surface area contributed by atoms with Gasteiger partial charge in [0, 0.05) is 7.05 Å². The largest absolute Gasteiger partial charge is 0.325 e. The van der Waals surface area contributed by atoms with Gasteiger partial charge in [-0.15, -0.1) is 0 Å². The zero-order valence-corrected chi connectivity index (χ0v) is 13.6. The summed E-state index contributed by atoms with van der Waals surface area (Å²) >= 11 is 6.35. The standard InChI is InChI=1S/C14H21ClN4O2/c1-5-9-11(15)10(18(4)17-9)8-19-13(21)16-12(20)14(19,6-2)7-3/h5-8H2,1-4H3,(H,16,20,21). The number of amides is 3. The van der Waals surface area contributed by atoms with Gasteiger partial charge < -0.3 is 4.90 Å². The highest BCUT2D eigenvalue weighted by Gasteiger charge is 2.50. The Bertz CT molecular complexity index is 578. The fraction of sp³-hybridized carbons (Fsp3) is 0.643. The Kier molecular flexibility index (Phi) is 4.27. The number of urea groups is 1. The van der Waals surface area contributed by atoms with Crippen molar-refractivity contribution in [2.75, 3.05) is 0 Å². The monoisotopic (exact) mass is 312 g/mol. The molecule has 116 valence electrons. The van der Waals surface area contributed by atoms with E-state index in [-0.39, 0.29) is 18.5 Å². The van der Waals surface area contributed by atoms with E-state index in [0.717, 1.165) is 17.8 Å². The molecule has 0 atom stereocenters. The van der Waals surface area contributed by atoms with Gasteiger partial charge >= 0.3 is 6.03 Å². The SMILES string of the molecule is CCc1nn(C)c(CN2C(=O)NC(=O)C2(CC)CC)c1Cl. The molecule has 0 aromatic carbocycles. The Hall–Kier alpha value is -1.56. The minimum absolute atomic E-state index is 0.230. The topological polar surface area (TPSA) is 67.2 Å². The second-order valence-electron chi connectivity index (χ2n) is 5.27. The Morgan fingerprint density at radius 2 is 1.86 bits per heavy atom. The number of imide groups is 1. The predicted octanol–water partition coefficient (Wildman–Crippen LogP) is 2.25. The van der Waals surface area contributed by atoms with E-state index in [1.807, 2.05) is 20.8 Å². The Balaban J connectivity index is 2.40. The Labute approximate surface area is 129 Å². The molecule has 1 aliphatic rings. The van der Waals surface area contributed by atoms with Gasteiger partial charge in [0.25, 0.3) is 5.91 Å². The van der Waals surface area contributed by atoms with Crippen LogP contribution in [-0.4, -0.2) is 32.2 Å². The lowest BCUT2D eigenvalue weighted by atomic mass is 9.91. The highest BCUT2D eigenvalue weighted by molar-refractivity contribution is 6.31. The maximum Gasteiger partial charge on any atom is 0.325 e. The minimum Gasteiger partial charge on any atom is -0.304 e. The molecule has 2 rings (SSSR count). The van der Waals surface area contributed by atoms with Gasteiger partial charge in [-0.25, -0.2) is 4.79 Å². The summed E-state index contributed by atoms with van der Waals surface area (Å²) < 4.78 is 1.69. The van der Waals surface area contributed by atoms with E-state index < -0.39 is 5.54 Å². The van der Waals surface area contributed by atoms with E-state index in [1.54, 1.807) is 16.6 Å². The van der Waals surface area contributed by atoms with Gasteiger partial charge in [-0.3, -0.25) is 14.8 Å². The number of carbonyl (C=O) groups is 2. The molecular formula is C14H21ClN4O2. The first-order valence-electron chi connectivity index (χ1n) is 7.24. The summed E-state index contributed by atoms with van der Waals surface area (Å²) in [6.45, 7) is 6.09. The van der Waals surface area contributed by atoms with E-state index in [4.69, 9.17) is 11.6 Å². The number of aromatic nitrogens is 2.